The van der Waals surface area contributed by atoms with Crippen molar-refractivity contribution in [2.45, 2.75) is 27.0 Å². The third-order valence-corrected chi connectivity index (χ3v) is 4.28. The van der Waals surface area contributed by atoms with E-state index >= 15 is 0 Å². The molecule has 3 aromatic rings. The third-order valence-electron chi connectivity index (χ3n) is 3.91. The van der Waals surface area contributed by atoms with Gasteiger partial charge in [-0.25, -0.2) is 4.79 Å². The molecule has 0 saturated heterocycles. The standard InChI is InChI=1S/C17H18ClN7O2/c1-9-14(15(26)27-8-13-21-16(19)23-17(20)22-13)10(2)25(24-9)7-11-5-3-4-6-12(11)18/h3-6H,7-8H2,1-2H3,(H4,19,20,21,22,23). The second kappa shape index (κ2) is 7.58. The number of esters is 1. The highest BCUT2D eigenvalue weighted by Crippen LogP contribution is 2.20. The fourth-order valence-electron chi connectivity index (χ4n) is 2.66. The molecule has 0 unspecified atom stereocenters. The Morgan fingerprint density at radius 1 is 1.15 bits per heavy atom. The summed E-state index contributed by atoms with van der Waals surface area (Å²) < 4.78 is 7.01. The first-order chi connectivity index (χ1) is 12.8. The van der Waals surface area contributed by atoms with Crippen LogP contribution in [0, 0.1) is 13.8 Å². The van der Waals surface area contributed by atoms with E-state index in [4.69, 9.17) is 27.8 Å². The maximum Gasteiger partial charge on any atom is 0.342 e. The predicted molar refractivity (Wildman–Crippen MR) is 100 cm³/mol. The largest absolute Gasteiger partial charge is 0.454 e. The Kier molecular flexibility index (Phi) is 5.22. The van der Waals surface area contributed by atoms with Crippen LogP contribution in [-0.4, -0.2) is 30.7 Å². The molecule has 10 heteroatoms. The highest BCUT2D eigenvalue weighted by molar-refractivity contribution is 6.31. The minimum Gasteiger partial charge on any atom is -0.454 e. The maximum atomic E-state index is 12.5. The molecule has 0 atom stereocenters. The van der Waals surface area contributed by atoms with Crippen LogP contribution in [0.3, 0.4) is 0 Å². The number of nitrogen functional groups attached to an aromatic ring is 2. The summed E-state index contributed by atoms with van der Waals surface area (Å²) in [5, 5.41) is 5.06. The monoisotopic (exact) mass is 387 g/mol. The molecule has 140 valence electrons. The van der Waals surface area contributed by atoms with Gasteiger partial charge < -0.3 is 16.2 Å². The van der Waals surface area contributed by atoms with E-state index in [2.05, 4.69) is 20.1 Å². The maximum absolute atomic E-state index is 12.5. The molecule has 0 spiro atoms. The van der Waals surface area contributed by atoms with Crippen molar-refractivity contribution in [1.82, 2.24) is 24.7 Å². The Bertz CT molecular complexity index is 983. The summed E-state index contributed by atoms with van der Waals surface area (Å²) in [6.07, 6.45) is 0. The zero-order valence-electron chi connectivity index (χ0n) is 14.8. The highest BCUT2D eigenvalue weighted by atomic mass is 35.5. The average molecular weight is 388 g/mol. The minimum absolute atomic E-state index is 0.0338. The number of hydrogen-bond donors (Lipinski definition) is 2. The zero-order chi connectivity index (χ0) is 19.6. The van der Waals surface area contributed by atoms with Crippen molar-refractivity contribution >= 4 is 29.5 Å². The molecule has 2 heterocycles. The predicted octanol–water partition coefficient (Wildman–Crippen LogP) is 1.91. The third kappa shape index (κ3) is 4.14. The number of benzene rings is 1. The van der Waals surface area contributed by atoms with Crippen LogP contribution in [-0.2, 0) is 17.9 Å². The second-order valence-electron chi connectivity index (χ2n) is 5.84. The number of aromatic nitrogens is 5. The number of anilines is 2. The smallest absolute Gasteiger partial charge is 0.342 e. The summed E-state index contributed by atoms with van der Waals surface area (Å²) in [5.74, 6) is -0.429. The van der Waals surface area contributed by atoms with Crippen molar-refractivity contribution in [2.75, 3.05) is 11.5 Å². The molecule has 0 aliphatic carbocycles. The van der Waals surface area contributed by atoms with E-state index in [1.165, 1.54) is 0 Å². The molecule has 0 radical (unpaired) electrons. The minimum atomic E-state index is -0.534. The van der Waals surface area contributed by atoms with E-state index < -0.39 is 5.97 Å². The lowest BCUT2D eigenvalue weighted by Gasteiger charge is -2.08. The fourth-order valence-corrected chi connectivity index (χ4v) is 2.85. The molecule has 0 bridgehead atoms. The van der Waals surface area contributed by atoms with Crippen molar-refractivity contribution in [1.29, 1.82) is 0 Å². The summed E-state index contributed by atoms with van der Waals surface area (Å²) in [5.41, 5.74) is 13.5. The van der Waals surface area contributed by atoms with Gasteiger partial charge in [0.25, 0.3) is 0 Å². The first kappa shape index (κ1) is 18.6. The van der Waals surface area contributed by atoms with Crippen LogP contribution in [0.15, 0.2) is 24.3 Å². The number of carbonyl (C=O) groups excluding carboxylic acids is 1. The van der Waals surface area contributed by atoms with Crippen molar-refractivity contribution in [3.05, 3.63) is 57.6 Å². The molecule has 0 aliphatic heterocycles. The molecule has 2 aromatic heterocycles. The molecule has 27 heavy (non-hydrogen) atoms. The molecule has 1 aromatic carbocycles. The zero-order valence-corrected chi connectivity index (χ0v) is 15.6. The van der Waals surface area contributed by atoms with Crippen molar-refractivity contribution in [3.8, 4) is 0 Å². The van der Waals surface area contributed by atoms with Crippen LogP contribution in [0.5, 0.6) is 0 Å². The fraction of sp³-hybridized carbons (Fsp3) is 0.235. The average Bonchev–Trinajstić information content (AvgIpc) is 2.88. The highest BCUT2D eigenvalue weighted by Gasteiger charge is 2.21. The van der Waals surface area contributed by atoms with Gasteiger partial charge in [0.05, 0.1) is 17.9 Å². The molecule has 0 amide bonds. The van der Waals surface area contributed by atoms with E-state index in [0.717, 1.165) is 5.56 Å². The Balaban J connectivity index is 1.77. The molecule has 9 nitrogen and oxygen atoms in total. The number of halogens is 1. The van der Waals surface area contributed by atoms with Gasteiger partial charge in [-0.05, 0) is 25.5 Å². The SMILES string of the molecule is Cc1nn(Cc2ccccc2Cl)c(C)c1C(=O)OCc1nc(N)nc(N)n1. The number of nitrogens with zero attached hydrogens (tertiary/aromatic N) is 5. The molecular formula is C17H18ClN7O2. The van der Waals surface area contributed by atoms with Crippen molar-refractivity contribution < 1.29 is 9.53 Å². The van der Waals surface area contributed by atoms with Gasteiger partial charge in [-0.2, -0.15) is 20.1 Å². The number of carbonyl (C=O) groups is 1. The first-order valence-corrected chi connectivity index (χ1v) is 8.43. The van der Waals surface area contributed by atoms with Gasteiger partial charge in [-0.3, -0.25) is 4.68 Å². The summed E-state index contributed by atoms with van der Waals surface area (Å²) in [6, 6.07) is 7.47. The van der Waals surface area contributed by atoms with Gasteiger partial charge in [-0.1, -0.05) is 29.8 Å². The van der Waals surface area contributed by atoms with Gasteiger partial charge in [0.15, 0.2) is 12.4 Å². The Hall–Kier alpha value is -3.20. The number of aryl methyl sites for hydroxylation is 1. The first-order valence-electron chi connectivity index (χ1n) is 8.05. The summed E-state index contributed by atoms with van der Waals surface area (Å²) in [7, 11) is 0. The van der Waals surface area contributed by atoms with E-state index in [1.54, 1.807) is 18.5 Å². The number of hydrogen-bond acceptors (Lipinski definition) is 8. The van der Waals surface area contributed by atoms with Crippen LogP contribution in [0.1, 0.15) is 33.1 Å². The van der Waals surface area contributed by atoms with Crippen molar-refractivity contribution in [2.24, 2.45) is 0 Å². The van der Waals surface area contributed by atoms with Gasteiger partial charge in [0.2, 0.25) is 11.9 Å². The lowest BCUT2D eigenvalue weighted by atomic mass is 10.2. The van der Waals surface area contributed by atoms with Gasteiger partial charge >= 0.3 is 5.97 Å². The molecule has 0 saturated carbocycles. The van der Waals surface area contributed by atoms with Crippen LogP contribution < -0.4 is 11.5 Å². The summed E-state index contributed by atoms with van der Waals surface area (Å²) in [4.78, 5) is 23.9. The van der Waals surface area contributed by atoms with Crippen molar-refractivity contribution in [3.63, 3.8) is 0 Å². The van der Waals surface area contributed by atoms with Crippen LogP contribution in [0.25, 0.3) is 0 Å². The molecule has 4 N–H and O–H groups in total. The Labute approximate surface area is 160 Å². The number of rotatable bonds is 5. The van der Waals surface area contributed by atoms with Crippen LogP contribution >= 0.6 is 11.6 Å². The van der Waals surface area contributed by atoms with Crippen LogP contribution in [0.2, 0.25) is 5.02 Å². The van der Waals surface area contributed by atoms with Gasteiger partial charge in [0, 0.05) is 5.02 Å². The Morgan fingerprint density at radius 2 is 1.81 bits per heavy atom. The second-order valence-corrected chi connectivity index (χ2v) is 6.25. The van der Waals surface area contributed by atoms with E-state index in [9.17, 15) is 4.79 Å². The molecule has 3 rings (SSSR count). The summed E-state index contributed by atoms with van der Waals surface area (Å²) in [6.45, 7) is 3.81. The topological polar surface area (TPSA) is 135 Å². The quantitative estimate of drug-likeness (QED) is 0.633. The van der Waals surface area contributed by atoms with Gasteiger partial charge in [0.1, 0.15) is 5.56 Å². The number of ether oxygens (including phenoxy) is 1. The molecule has 0 fully saturated rings. The van der Waals surface area contributed by atoms with Crippen LogP contribution in [0.4, 0.5) is 11.9 Å². The molecular weight excluding hydrogens is 370 g/mol. The Morgan fingerprint density at radius 3 is 2.48 bits per heavy atom. The van der Waals surface area contributed by atoms with Gasteiger partial charge in [-0.15, -0.1) is 0 Å². The molecule has 0 aliphatic rings. The summed E-state index contributed by atoms with van der Waals surface area (Å²) >= 11 is 6.21. The normalized spacial score (nSPS) is 10.8. The lowest BCUT2D eigenvalue weighted by molar-refractivity contribution is 0.0460. The van der Waals surface area contributed by atoms with E-state index in [-0.39, 0.29) is 24.3 Å². The van der Waals surface area contributed by atoms with E-state index in [0.29, 0.717) is 28.5 Å². The lowest BCUT2D eigenvalue weighted by Crippen LogP contribution is -2.12. The van der Waals surface area contributed by atoms with E-state index in [1.807, 2.05) is 24.3 Å². The number of nitrogens with two attached hydrogens (primary N) is 2.